The number of benzene rings is 1. The van der Waals surface area contributed by atoms with Crippen molar-refractivity contribution in [3.8, 4) is 0 Å². The number of fused-ring (bicyclic) bond motifs is 1. The van der Waals surface area contributed by atoms with Gasteiger partial charge in [-0.25, -0.2) is 8.42 Å². The van der Waals surface area contributed by atoms with E-state index >= 15 is 0 Å². The molecule has 1 aromatic carbocycles. The summed E-state index contributed by atoms with van der Waals surface area (Å²) in [4.78, 5) is 13.9. The van der Waals surface area contributed by atoms with Crippen molar-refractivity contribution in [3.05, 3.63) is 51.7 Å². The lowest BCUT2D eigenvalue weighted by Crippen LogP contribution is -2.36. The smallest absolute Gasteiger partial charge is 0.251 e. The minimum absolute atomic E-state index is 0.187. The molecule has 1 amide bonds. The van der Waals surface area contributed by atoms with Gasteiger partial charge in [0.25, 0.3) is 5.91 Å². The molecule has 1 aromatic heterocycles. The Morgan fingerprint density at radius 1 is 1.19 bits per heavy atom. The van der Waals surface area contributed by atoms with Crippen molar-refractivity contribution in [1.29, 1.82) is 0 Å². The van der Waals surface area contributed by atoms with Crippen molar-refractivity contribution in [1.82, 2.24) is 9.62 Å². The molecule has 2 aliphatic rings. The van der Waals surface area contributed by atoms with Gasteiger partial charge in [0.05, 0.1) is 4.90 Å². The van der Waals surface area contributed by atoms with E-state index in [2.05, 4.69) is 5.32 Å². The Morgan fingerprint density at radius 3 is 2.81 bits per heavy atom. The van der Waals surface area contributed by atoms with E-state index in [9.17, 15) is 13.2 Å². The number of hydrogen-bond acceptors (Lipinski definition) is 4. The van der Waals surface area contributed by atoms with E-state index in [4.69, 9.17) is 0 Å². The molecule has 1 aliphatic heterocycles. The highest BCUT2D eigenvalue weighted by molar-refractivity contribution is 7.89. The number of amides is 1. The summed E-state index contributed by atoms with van der Waals surface area (Å²) in [6.07, 6.45) is 5.02. The summed E-state index contributed by atoms with van der Waals surface area (Å²) in [5.41, 5.74) is 1.49. The van der Waals surface area contributed by atoms with Crippen LogP contribution in [0.2, 0.25) is 0 Å². The Hall–Kier alpha value is -1.70. The lowest BCUT2D eigenvalue weighted by atomic mass is 10.1. The van der Waals surface area contributed by atoms with Crippen LogP contribution in [0.4, 0.5) is 0 Å². The molecule has 0 unspecified atom stereocenters. The van der Waals surface area contributed by atoms with Gasteiger partial charge in [0.2, 0.25) is 10.0 Å². The molecular weight excluding hydrogens is 368 g/mol. The van der Waals surface area contributed by atoms with Crippen LogP contribution in [-0.2, 0) is 23.0 Å². The monoisotopic (exact) mass is 390 g/mol. The van der Waals surface area contributed by atoms with Gasteiger partial charge < -0.3 is 5.32 Å². The number of sulfonamides is 1. The first kappa shape index (κ1) is 17.7. The predicted octanol–water partition coefficient (Wildman–Crippen LogP) is 3.17. The standard InChI is InChI=1S/C19H22N2O3S2/c22-19(20-16-5-1-2-6-16)14-4-3-7-17(12-14)26(23,24)21-10-8-18-15(13-21)9-11-25-18/h3-4,7,9,11-12,16H,1-2,5-6,8,10,13H2,(H,20,22). The third-order valence-corrected chi connectivity index (χ3v) is 8.06. The quantitative estimate of drug-likeness (QED) is 0.872. The molecule has 1 fully saturated rings. The maximum Gasteiger partial charge on any atom is 0.251 e. The van der Waals surface area contributed by atoms with Crippen molar-refractivity contribution >= 4 is 27.3 Å². The fraction of sp³-hybridized carbons (Fsp3) is 0.421. The molecule has 0 atom stereocenters. The predicted molar refractivity (Wildman–Crippen MR) is 102 cm³/mol. The molecule has 7 heteroatoms. The molecule has 5 nitrogen and oxygen atoms in total. The fourth-order valence-corrected chi connectivity index (χ4v) is 6.07. The van der Waals surface area contributed by atoms with E-state index in [-0.39, 0.29) is 16.8 Å². The molecule has 0 spiro atoms. The molecule has 2 aromatic rings. The maximum absolute atomic E-state index is 13.0. The maximum atomic E-state index is 13.0. The molecule has 138 valence electrons. The van der Waals surface area contributed by atoms with Gasteiger partial charge in [-0.1, -0.05) is 18.9 Å². The topological polar surface area (TPSA) is 66.5 Å². The first-order valence-corrected chi connectivity index (χ1v) is 11.3. The Morgan fingerprint density at radius 2 is 2.00 bits per heavy atom. The van der Waals surface area contributed by atoms with Gasteiger partial charge in [-0.3, -0.25) is 4.79 Å². The largest absolute Gasteiger partial charge is 0.349 e. The second kappa shape index (κ2) is 7.13. The van der Waals surface area contributed by atoms with Gasteiger partial charge in [-0.05, 0) is 54.5 Å². The van der Waals surface area contributed by atoms with E-state index in [1.165, 1.54) is 15.2 Å². The SMILES string of the molecule is O=C(NC1CCCC1)c1cccc(S(=O)(=O)N2CCc3sccc3C2)c1. The summed E-state index contributed by atoms with van der Waals surface area (Å²) in [6.45, 7) is 0.883. The average Bonchev–Trinajstić information content (AvgIpc) is 3.32. The minimum atomic E-state index is -3.61. The van der Waals surface area contributed by atoms with Crippen molar-refractivity contribution in [2.24, 2.45) is 0 Å². The highest BCUT2D eigenvalue weighted by atomic mass is 32.2. The Bertz CT molecular complexity index is 914. The Kier molecular flexibility index (Phi) is 4.86. The van der Waals surface area contributed by atoms with Gasteiger partial charge >= 0.3 is 0 Å². The minimum Gasteiger partial charge on any atom is -0.349 e. The lowest BCUT2D eigenvalue weighted by Gasteiger charge is -2.26. The van der Waals surface area contributed by atoms with E-state index in [1.54, 1.807) is 29.5 Å². The molecule has 0 radical (unpaired) electrons. The molecule has 0 saturated heterocycles. The van der Waals surface area contributed by atoms with Crippen LogP contribution in [0.5, 0.6) is 0 Å². The third-order valence-electron chi connectivity index (χ3n) is 5.20. The van der Waals surface area contributed by atoms with Crippen molar-refractivity contribution in [2.75, 3.05) is 6.54 Å². The first-order chi connectivity index (χ1) is 12.5. The number of carbonyl (C=O) groups excluding carboxylic acids is 1. The number of nitrogens with one attached hydrogen (secondary N) is 1. The van der Waals surface area contributed by atoms with Gasteiger partial charge in [0, 0.05) is 29.6 Å². The van der Waals surface area contributed by atoms with E-state index in [0.29, 0.717) is 18.7 Å². The summed E-state index contributed by atoms with van der Waals surface area (Å²) >= 11 is 1.68. The highest BCUT2D eigenvalue weighted by Crippen LogP contribution is 2.28. The zero-order valence-electron chi connectivity index (χ0n) is 14.5. The van der Waals surface area contributed by atoms with Gasteiger partial charge in [-0.2, -0.15) is 4.31 Å². The number of hydrogen-bond donors (Lipinski definition) is 1. The zero-order valence-corrected chi connectivity index (χ0v) is 16.1. The van der Waals surface area contributed by atoms with E-state index < -0.39 is 10.0 Å². The molecule has 1 aliphatic carbocycles. The molecule has 1 saturated carbocycles. The fourth-order valence-electron chi connectivity index (χ4n) is 3.71. The van der Waals surface area contributed by atoms with Gasteiger partial charge in [0.1, 0.15) is 0 Å². The van der Waals surface area contributed by atoms with Crippen LogP contribution in [0.1, 0.15) is 46.5 Å². The second-order valence-corrected chi connectivity index (χ2v) is 9.88. The molecule has 4 rings (SSSR count). The molecule has 26 heavy (non-hydrogen) atoms. The number of thiophene rings is 1. The van der Waals surface area contributed by atoms with Crippen molar-refractivity contribution in [3.63, 3.8) is 0 Å². The highest BCUT2D eigenvalue weighted by Gasteiger charge is 2.29. The molecule has 1 N–H and O–H groups in total. The third kappa shape index (κ3) is 3.43. The van der Waals surface area contributed by atoms with E-state index in [1.807, 2.05) is 11.4 Å². The van der Waals surface area contributed by atoms with Crippen molar-refractivity contribution in [2.45, 2.75) is 49.6 Å². The van der Waals surface area contributed by atoms with Crippen LogP contribution in [0, 0.1) is 0 Å². The lowest BCUT2D eigenvalue weighted by molar-refractivity contribution is 0.0937. The summed E-state index contributed by atoms with van der Waals surface area (Å²) in [5.74, 6) is -0.187. The summed E-state index contributed by atoms with van der Waals surface area (Å²) in [6, 6.07) is 8.61. The number of nitrogens with zero attached hydrogens (tertiary/aromatic N) is 1. The zero-order chi connectivity index (χ0) is 18.1. The van der Waals surface area contributed by atoms with Crippen LogP contribution in [0.15, 0.2) is 40.6 Å². The molecular formula is C19H22N2O3S2. The molecule has 0 bridgehead atoms. The Labute approximate surface area is 158 Å². The Balaban J connectivity index is 1.54. The van der Waals surface area contributed by atoms with Crippen LogP contribution in [0.25, 0.3) is 0 Å². The normalized spacial score (nSPS) is 18.6. The average molecular weight is 391 g/mol. The summed E-state index contributed by atoms with van der Waals surface area (Å²) < 4.78 is 27.6. The number of carbonyl (C=O) groups is 1. The van der Waals surface area contributed by atoms with Crippen LogP contribution in [-0.4, -0.2) is 31.2 Å². The van der Waals surface area contributed by atoms with Gasteiger partial charge in [-0.15, -0.1) is 11.3 Å². The van der Waals surface area contributed by atoms with Crippen molar-refractivity contribution < 1.29 is 13.2 Å². The molecule has 2 heterocycles. The number of rotatable bonds is 4. The summed E-state index contributed by atoms with van der Waals surface area (Å²) in [7, 11) is -3.61. The van der Waals surface area contributed by atoms with Crippen LogP contribution in [0.3, 0.4) is 0 Å². The van der Waals surface area contributed by atoms with Gasteiger partial charge in [0.15, 0.2) is 0 Å². The first-order valence-electron chi connectivity index (χ1n) is 9.00. The van der Waals surface area contributed by atoms with Crippen LogP contribution < -0.4 is 5.32 Å². The van der Waals surface area contributed by atoms with E-state index in [0.717, 1.165) is 37.7 Å². The summed E-state index contributed by atoms with van der Waals surface area (Å²) in [5, 5.41) is 5.03. The second-order valence-electron chi connectivity index (χ2n) is 6.94. The van der Waals surface area contributed by atoms with Crippen LogP contribution >= 0.6 is 11.3 Å².